The average Bonchev–Trinajstić information content (AvgIpc) is 2.43. The highest BCUT2D eigenvalue weighted by molar-refractivity contribution is 5.93. The third kappa shape index (κ3) is 3.36. The summed E-state index contributed by atoms with van der Waals surface area (Å²) in [5.41, 5.74) is 1.25. The zero-order chi connectivity index (χ0) is 12.6. The average molecular weight is 239 g/mol. The molecular formula is C17H21N. The third-order valence-electron chi connectivity index (χ3n) is 3.19. The summed E-state index contributed by atoms with van der Waals surface area (Å²) in [5.74, 6) is 0. The first-order chi connectivity index (χ1) is 8.92. The van der Waals surface area contributed by atoms with E-state index in [1.807, 2.05) is 6.08 Å². The van der Waals surface area contributed by atoms with Crippen LogP contribution in [-0.4, -0.2) is 6.54 Å². The first-order valence-corrected chi connectivity index (χ1v) is 6.74. The van der Waals surface area contributed by atoms with Crippen LogP contribution in [0, 0.1) is 0 Å². The molecule has 2 aromatic carbocycles. The number of anilines is 1. The highest BCUT2D eigenvalue weighted by atomic mass is 14.9. The summed E-state index contributed by atoms with van der Waals surface area (Å²) in [4.78, 5) is 0. The fourth-order valence-corrected chi connectivity index (χ4v) is 2.19. The van der Waals surface area contributed by atoms with Crippen LogP contribution in [0.1, 0.15) is 25.7 Å². The topological polar surface area (TPSA) is 12.0 Å². The van der Waals surface area contributed by atoms with Gasteiger partial charge in [-0.15, -0.1) is 6.58 Å². The van der Waals surface area contributed by atoms with Gasteiger partial charge in [-0.2, -0.15) is 0 Å². The second-order valence-electron chi connectivity index (χ2n) is 4.59. The zero-order valence-corrected chi connectivity index (χ0v) is 10.9. The Morgan fingerprint density at radius 1 is 0.944 bits per heavy atom. The summed E-state index contributed by atoms with van der Waals surface area (Å²) in [7, 11) is 0. The van der Waals surface area contributed by atoms with E-state index in [1.54, 1.807) is 0 Å². The van der Waals surface area contributed by atoms with Crippen molar-refractivity contribution in [1.29, 1.82) is 0 Å². The molecule has 1 heteroatoms. The molecule has 0 fully saturated rings. The minimum absolute atomic E-state index is 1.05. The first kappa shape index (κ1) is 12.7. The van der Waals surface area contributed by atoms with Gasteiger partial charge in [-0.05, 0) is 30.7 Å². The van der Waals surface area contributed by atoms with E-state index in [1.165, 1.54) is 35.7 Å². The molecular weight excluding hydrogens is 218 g/mol. The van der Waals surface area contributed by atoms with Crippen molar-refractivity contribution in [2.45, 2.75) is 25.7 Å². The van der Waals surface area contributed by atoms with Crippen LogP contribution in [0.2, 0.25) is 0 Å². The van der Waals surface area contributed by atoms with Crippen molar-refractivity contribution in [2.75, 3.05) is 11.9 Å². The molecule has 0 aliphatic carbocycles. The molecule has 0 atom stereocenters. The Hall–Kier alpha value is -1.76. The molecule has 1 nitrogen and oxygen atoms in total. The lowest BCUT2D eigenvalue weighted by molar-refractivity contribution is 0.709. The molecule has 0 aliphatic rings. The predicted octanol–water partition coefficient (Wildman–Crippen LogP) is 5.00. The summed E-state index contributed by atoms with van der Waals surface area (Å²) in [6.07, 6.45) is 6.87. The minimum atomic E-state index is 1.05. The number of allylic oxidation sites excluding steroid dienone is 1. The summed E-state index contributed by atoms with van der Waals surface area (Å²) >= 11 is 0. The number of hydrogen-bond donors (Lipinski definition) is 1. The largest absolute Gasteiger partial charge is 0.385 e. The van der Waals surface area contributed by atoms with Gasteiger partial charge in [0.05, 0.1) is 0 Å². The van der Waals surface area contributed by atoms with Crippen molar-refractivity contribution >= 4 is 16.5 Å². The molecule has 94 valence electrons. The molecule has 2 rings (SSSR count). The number of fused-ring (bicyclic) bond motifs is 1. The van der Waals surface area contributed by atoms with Gasteiger partial charge < -0.3 is 5.32 Å². The SMILES string of the molecule is C=CCCCCCNc1cccc2ccccc12. The van der Waals surface area contributed by atoms with Crippen molar-refractivity contribution < 1.29 is 0 Å². The van der Waals surface area contributed by atoms with Gasteiger partial charge in [0.25, 0.3) is 0 Å². The molecule has 2 aromatic rings. The Bertz CT molecular complexity index is 496. The molecule has 0 unspecified atom stereocenters. The van der Waals surface area contributed by atoms with Gasteiger partial charge in [0.1, 0.15) is 0 Å². The Kier molecular flexibility index (Phi) is 4.83. The standard InChI is InChI=1S/C17H21N/c1-2-3-4-5-8-14-18-17-13-9-11-15-10-6-7-12-16(15)17/h2,6-7,9-13,18H,1,3-5,8,14H2. The highest BCUT2D eigenvalue weighted by Crippen LogP contribution is 2.22. The maximum absolute atomic E-state index is 3.74. The lowest BCUT2D eigenvalue weighted by Crippen LogP contribution is -2.01. The van der Waals surface area contributed by atoms with E-state index < -0.39 is 0 Å². The molecule has 18 heavy (non-hydrogen) atoms. The molecule has 1 N–H and O–H groups in total. The molecule has 0 amide bonds. The molecule has 0 spiro atoms. The number of unbranched alkanes of at least 4 members (excludes halogenated alkanes) is 3. The smallest absolute Gasteiger partial charge is 0.0419 e. The first-order valence-electron chi connectivity index (χ1n) is 6.74. The van der Waals surface area contributed by atoms with Crippen LogP contribution < -0.4 is 5.32 Å². The molecule has 0 aromatic heterocycles. The van der Waals surface area contributed by atoms with Crippen molar-refractivity contribution in [2.24, 2.45) is 0 Å². The van der Waals surface area contributed by atoms with E-state index in [9.17, 15) is 0 Å². The lowest BCUT2D eigenvalue weighted by atomic mass is 10.1. The quantitative estimate of drug-likeness (QED) is 0.529. The zero-order valence-electron chi connectivity index (χ0n) is 10.9. The van der Waals surface area contributed by atoms with E-state index >= 15 is 0 Å². The minimum Gasteiger partial charge on any atom is -0.385 e. The van der Waals surface area contributed by atoms with E-state index in [0.717, 1.165) is 13.0 Å². The van der Waals surface area contributed by atoms with Crippen LogP contribution in [0.25, 0.3) is 10.8 Å². The Morgan fingerprint density at radius 2 is 1.78 bits per heavy atom. The van der Waals surface area contributed by atoms with Crippen molar-refractivity contribution in [1.82, 2.24) is 0 Å². The van der Waals surface area contributed by atoms with Gasteiger partial charge in [0.2, 0.25) is 0 Å². The summed E-state index contributed by atoms with van der Waals surface area (Å²) in [5, 5.41) is 6.15. The number of benzene rings is 2. The van der Waals surface area contributed by atoms with E-state index in [2.05, 4.69) is 54.4 Å². The number of hydrogen-bond acceptors (Lipinski definition) is 1. The fraction of sp³-hybridized carbons (Fsp3) is 0.294. The van der Waals surface area contributed by atoms with Crippen LogP contribution in [0.15, 0.2) is 55.1 Å². The third-order valence-corrected chi connectivity index (χ3v) is 3.19. The second-order valence-corrected chi connectivity index (χ2v) is 4.59. The van der Waals surface area contributed by atoms with Crippen molar-refractivity contribution in [3.8, 4) is 0 Å². The van der Waals surface area contributed by atoms with Gasteiger partial charge in [0.15, 0.2) is 0 Å². The summed E-state index contributed by atoms with van der Waals surface area (Å²) in [6, 6.07) is 14.9. The predicted molar refractivity (Wildman–Crippen MR) is 81.1 cm³/mol. The van der Waals surface area contributed by atoms with E-state index in [-0.39, 0.29) is 0 Å². The molecule has 0 aliphatic heterocycles. The maximum Gasteiger partial charge on any atom is 0.0419 e. The Balaban J connectivity index is 1.89. The van der Waals surface area contributed by atoms with Gasteiger partial charge >= 0.3 is 0 Å². The van der Waals surface area contributed by atoms with Crippen LogP contribution in [0.3, 0.4) is 0 Å². The van der Waals surface area contributed by atoms with Crippen molar-refractivity contribution in [3.05, 3.63) is 55.1 Å². The molecule has 0 radical (unpaired) electrons. The van der Waals surface area contributed by atoms with Gasteiger partial charge in [0, 0.05) is 17.6 Å². The Labute approximate surface area is 110 Å². The van der Waals surface area contributed by atoms with E-state index in [0.29, 0.717) is 0 Å². The maximum atomic E-state index is 3.74. The fourth-order valence-electron chi connectivity index (χ4n) is 2.19. The van der Waals surface area contributed by atoms with Crippen molar-refractivity contribution in [3.63, 3.8) is 0 Å². The normalized spacial score (nSPS) is 10.4. The van der Waals surface area contributed by atoms with Crippen LogP contribution in [0.5, 0.6) is 0 Å². The van der Waals surface area contributed by atoms with Crippen LogP contribution in [0.4, 0.5) is 5.69 Å². The lowest BCUT2D eigenvalue weighted by Gasteiger charge is -2.09. The van der Waals surface area contributed by atoms with Gasteiger partial charge in [-0.1, -0.05) is 48.9 Å². The summed E-state index contributed by atoms with van der Waals surface area (Å²) in [6.45, 7) is 4.79. The second kappa shape index (κ2) is 6.85. The monoisotopic (exact) mass is 239 g/mol. The summed E-state index contributed by atoms with van der Waals surface area (Å²) < 4.78 is 0. The number of rotatable bonds is 7. The van der Waals surface area contributed by atoms with Crippen LogP contribution >= 0.6 is 0 Å². The van der Waals surface area contributed by atoms with E-state index in [4.69, 9.17) is 0 Å². The molecule has 0 bridgehead atoms. The number of nitrogens with one attached hydrogen (secondary N) is 1. The highest BCUT2D eigenvalue weighted by Gasteiger charge is 1.98. The molecule has 0 saturated heterocycles. The van der Waals surface area contributed by atoms with Gasteiger partial charge in [-0.3, -0.25) is 0 Å². The Morgan fingerprint density at radius 3 is 2.67 bits per heavy atom. The molecule has 0 saturated carbocycles. The van der Waals surface area contributed by atoms with Crippen LogP contribution in [-0.2, 0) is 0 Å². The van der Waals surface area contributed by atoms with Gasteiger partial charge in [-0.25, -0.2) is 0 Å². The molecule has 0 heterocycles.